The third-order valence-corrected chi connectivity index (χ3v) is 17.5. The van der Waals surface area contributed by atoms with Gasteiger partial charge < -0.3 is 0 Å². The molecule has 1 aromatic heterocycles. The molecular weight excluding hydrogens is 679 g/mol. The van der Waals surface area contributed by atoms with E-state index in [9.17, 15) is 0 Å². The van der Waals surface area contributed by atoms with Crippen LogP contribution in [0.4, 0.5) is 0 Å². The van der Waals surface area contributed by atoms with Crippen molar-refractivity contribution in [1.29, 1.82) is 0 Å². The molecule has 0 spiro atoms. The molecule has 5 heteroatoms. The van der Waals surface area contributed by atoms with Gasteiger partial charge in [0.15, 0.2) is 25.5 Å². The van der Waals surface area contributed by atoms with Crippen molar-refractivity contribution in [3.63, 3.8) is 0 Å². The molecule has 1 aliphatic heterocycles. The standard InChI is InChI=1S/C48H35N3SSi/c1-48(2)38-29-30-42-44(52-40-25-15-16-26-41(40)53(42,35-21-11-5-12-22-35)36-23-13-6-14-24-36)43(38)37-28-27-34(31-39(37)48)47-50-45(32-17-7-3-8-18-32)49-46(51-47)33-19-9-4-10-20-33/h3-31H,1-2H3. The van der Waals surface area contributed by atoms with E-state index in [0.29, 0.717) is 17.5 Å². The molecule has 10 rings (SSSR count). The minimum atomic E-state index is -2.68. The van der Waals surface area contributed by atoms with Gasteiger partial charge >= 0.3 is 0 Å². The second-order valence-electron chi connectivity index (χ2n) is 14.4. The Labute approximate surface area is 315 Å². The van der Waals surface area contributed by atoms with Gasteiger partial charge in [-0.25, -0.2) is 15.0 Å². The van der Waals surface area contributed by atoms with E-state index in [-0.39, 0.29) is 5.41 Å². The summed E-state index contributed by atoms with van der Waals surface area (Å²) in [5, 5.41) is 5.74. The van der Waals surface area contributed by atoms with Crippen molar-refractivity contribution in [2.75, 3.05) is 0 Å². The lowest BCUT2D eigenvalue weighted by molar-refractivity contribution is 0.660. The van der Waals surface area contributed by atoms with Gasteiger partial charge in [-0.1, -0.05) is 189 Å². The Bertz CT molecular complexity index is 2560. The van der Waals surface area contributed by atoms with Gasteiger partial charge in [-0.05, 0) is 55.1 Å². The van der Waals surface area contributed by atoms with Gasteiger partial charge in [0.05, 0.1) is 0 Å². The average Bonchev–Trinajstić information content (AvgIpc) is 3.46. The summed E-state index contributed by atoms with van der Waals surface area (Å²) in [5.74, 6) is 2.02. The molecule has 2 aliphatic rings. The van der Waals surface area contributed by atoms with E-state index >= 15 is 0 Å². The summed E-state index contributed by atoms with van der Waals surface area (Å²) < 4.78 is 0. The smallest absolute Gasteiger partial charge is 0.181 e. The minimum Gasteiger partial charge on any atom is -0.208 e. The Morgan fingerprint density at radius 1 is 0.453 bits per heavy atom. The van der Waals surface area contributed by atoms with E-state index in [0.717, 1.165) is 16.7 Å². The molecule has 1 aliphatic carbocycles. The van der Waals surface area contributed by atoms with Crippen LogP contribution in [0.1, 0.15) is 25.0 Å². The lowest BCUT2D eigenvalue weighted by Crippen LogP contribution is -2.76. The fraction of sp³-hybridized carbons (Fsp3) is 0.0625. The van der Waals surface area contributed by atoms with Crippen LogP contribution in [0.2, 0.25) is 0 Å². The van der Waals surface area contributed by atoms with Gasteiger partial charge in [0, 0.05) is 31.9 Å². The molecule has 0 saturated carbocycles. The largest absolute Gasteiger partial charge is 0.208 e. The summed E-state index contributed by atoms with van der Waals surface area (Å²) in [6.07, 6.45) is 0. The molecule has 0 radical (unpaired) electrons. The summed E-state index contributed by atoms with van der Waals surface area (Å²) in [4.78, 5) is 17.8. The Morgan fingerprint density at radius 3 is 1.55 bits per heavy atom. The van der Waals surface area contributed by atoms with E-state index in [4.69, 9.17) is 15.0 Å². The topological polar surface area (TPSA) is 38.7 Å². The molecule has 2 heterocycles. The summed E-state index contributed by atoms with van der Waals surface area (Å²) in [5.41, 5.74) is 8.02. The number of benzene rings is 7. The number of hydrogen-bond acceptors (Lipinski definition) is 4. The number of aromatic nitrogens is 3. The van der Waals surface area contributed by atoms with Gasteiger partial charge in [-0.15, -0.1) is 0 Å². The predicted octanol–water partition coefficient (Wildman–Crippen LogP) is 9.02. The van der Waals surface area contributed by atoms with Crippen LogP contribution in [0.3, 0.4) is 0 Å². The third kappa shape index (κ3) is 4.92. The van der Waals surface area contributed by atoms with Gasteiger partial charge in [0.25, 0.3) is 0 Å². The van der Waals surface area contributed by atoms with E-state index < -0.39 is 8.07 Å². The summed E-state index contributed by atoms with van der Waals surface area (Å²) in [6.45, 7) is 4.74. The maximum Gasteiger partial charge on any atom is 0.181 e. The average molecular weight is 714 g/mol. The second-order valence-corrected chi connectivity index (χ2v) is 19.2. The fourth-order valence-electron chi connectivity index (χ4n) is 8.56. The van der Waals surface area contributed by atoms with Crippen LogP contribution < -0.4 is 20.7 Å². The second kappa shape index (κ2) is 12.4. The Morgan fingerprint density at radius 2 is 0.962 bits per heavy atom. The van der Waals surface area contributed by atoms with Crippen LogP contribution in [0.5, 0.6) is 0 Å². The SMILES string of the molecule is CC1(C)c2cc(-c3nc(-c4ccccc4)nc(-c4ccccc4)n3)ccc2-c2c1ccc1c2Sc2ccccc2[Si]1(c1ccccc1)c1ccccc1. The highest BCUT2D eigenvalue weighted by atomic mass is 32.2. The van der Waals surface area contributed by atoms with Gasteiger partial charge in [0.1, 0.15) is 0 Å². The highest BCUT2D eigenvalue weighted by molar-refractivity contribution is 8.00. The van der Waals surface area contributed by atoms with Gasteiger partial charge in [-0.2, -0.15) is 0 Å². The van der Waals surface area contributed by atoms with Crippen molar-refractivity contribution in [1.82, 2.24) is 15.0 Å². The van der Waals surface area contributed by atoms with Crippen LogP contribution >= 0.6 is 11.8 Å². The molecule has 0 bridgehead atoms. The first kappa shape index (κ1) is 31.8. The first-order valence-corrected chi connectivity index (χ1v) is 20.9. The van der Waals surface area contributed by atoms with Crippen LogP contribution in [0.15, 0.2) is 186 Å². The van der Waals surface area contributed by atoms with Crippen LogP contribution in [0, 0.1) is 0 Å². The van der Waals surface area contributed by atoms with E-state index in [2.05, 4.69) is 153 Å². The molecule has 0 atom stereocenters. The molecule has 53 heavy (non-hydrogen) atoms. The quantitative estimate of drug-likeness (QED) is 0.167. The van der Waals surface area contributed by atoms with Crippen molar-refractivity contribution in [2.45, 2.75) is 29.1 Å². The first-order chi connectivity index (χ1) is 26.0. The van der Waals surface area contributed by atoms with Gasteiger partial charge in [0.2, 0.25) is 0 Å². The molecule has 8 aromatic rings. The number of rotatable bonds is 5. The Balaban J connectivity index is 1.19. The van der Waals surface area contributed by atoms with Gasteiger partial charge in [-0.3, -0.25) is 0 Å². The van der Waals surface area contributed by atoms with E-state index in [1.165, 1.54) is 52.8 Å². The Hall–Kier alpha value is -5.88. The normalized spacial score (nSPS) is 14.5. The number of fused-ring (bicyclic) bond motifs is 6. The molecule has 0 fully saturated rings. The van der Waals surface area contributed by atoms with Crippen LogP contribution in [-0.4, -0.2) is 23.0 Å². The zero-order valence-corrected chi connectivity index (χ0v) is 31.3. The summed E-state index contributed by atoms with van der Waals surface area (Å²) in [7, 11) is -2.68. The maximum absolute atomic E-state index is 5.08. The molecule has 0 saturated heterocycles. The lowest BCUT2D eigenvalue weighted by Gasteiger charge is -2.40. The lowest BCUT2D eigenvalue weighted by atomic mass is 9.82. The fourth-order valence-corrected chi connectivity index (χ4v) is 15.7. The number of nitrogens with zero attached hydrogens (tertiary/aromatic N) is 3. The minimum absolute atomic E-state index is 0.228. The van der Waals surface area contributed by atoms with Crippen molar-refractivity contribution in [2.24, 2.45) is 0 Å². The van der Waals surface area contributed by atoms with Crippen molar-refractivity contribution >= 4 is 40.6 Å². The van der Waals surface area contributed by atoms with Crippen LogP contribution in [0.25, 0.3) is 45.3 Å². The predicted molar refractivity (Wildman–Crippen MR) is 221 cm³/mol. The first-order valence-electron chi connectivity index (χ1n) is 18.1. The zero-order chi connectivity index (χ0) is 35.6. The number of hydrogen-bond donors (Lipinski definition) is 0. The maximum atomic E-state index is 5.08. The summed E-state index contributed by atoms with van der Waals surface area (Å²) >= 11 is 1.95. The molecule has 0 amide bonds. The highest BCUT2D eigenvalue weighted by Crippen LogP contribution is 2.54. The monoisotopic (exact) mass is 713 g/mol. The molecule has 0 N–H and O–H groups in total. The van der Waals surface area contributed by atoms with E-state index in [1.807, 2.05) is 48.2 Å². The third-order valence-electron chi connectivity index (χ3n) is 11.1. The highest BCUT2D eigenvalue weighted by Gasteiger charge is 2.49. The molecular formula is C48H35N3SSi. The Kier molecular flexibility index (Phi) is 7.43. The molecule has 7 aromatic carbocycles. The summed E-state index contributed by atoms with van der Waals surface area (Å²) in [6, 6.07) is 63.8. The molecule has 0 unspecified atom stereocenters. The zero-order valence-electron chi connectivity index (χ0n) is 29.5. The van der Waals surface area contributed by atoms with Crippen LogP contribution in [-0.2, 0) is 5.41 Å². The van der Waals surface area contributed by atoms with Crippen molar-refractivity contribution in [3.05, 3.63) is 187 Å². The molecule has 252 valence electrons. The van der Waals surface area contributed by atoms with E-state index in [1.54, 1.807) is 0 Å². The van der Waals surface area contributed by atoms with Crippen molar-refractivity contribution < 1.29 is 0 Å². The van der Waals surface area contributed by atoms with Crippen molar-refractivity contribution in [3.8, 4) is 45.3 Å². The molecule has 3 nitrogen and oxygen atoms in total.